The number of amides is 1. The van der Waals surface area contributed by atoms with Crippen LogP contribution in [0.2, 0.25) is 0 Å². The van der Waals surface area contributed by atoms with Crippen molar-refractivity contribution in [1.82, 2.24) is 4.98 Å². The molecular weight excluding hydrogens is 270 g/mol. The van der Waals surface area contributed by atoms with Crippen molar-refractivity contribution in [2.75, 3.05) is 18.8 Å². The molecular formula is C15H18N3OS+. The van der Waals surface area contributed by atoms with Crippen LogP contribution in [0.4, 0.5) is 5.13 Å². The number of nitrogens with one attached hydrogen (secondary N) is 1. The molecule has 104 valence electrons. The number of piperidine rings is 1. The summed E-state index contributed by atoms with van der Waals surface area (Å²) >= 11 is 1.39. The molecule has 3 N–H and O–H groups in total. The van der Waals surface area contributed by atoms with Gasteiger partial charge in [0.25, 0.3) is 0 Å². The van der Waals surface area contributed by atoms with Crippen LogP contribution in [0.5, 0.6) is 0 Å². The number of anilines is 1. The lowest BCUT2D eigenvalue weighted by Gasteiger charge is -2.20. The number of hydrogen-bond acceptors (Lipinski definition) is 4. The third-order valence-corrected chi connectivity index (χ3v) is 4.61. The molecule has 20 heavy (non-hydrogen) atoms. The molecule has 1 amide bonds. The van der Waals surface area contributed by atoms with Gasteiger partial charge in [0.05, 0.1) is 18.0 Å². The summed E-state index contributed by atoms with van der Waals surface area (Å²) in [6, 6.07) is 9.89. The quantitative estimate of drug-likeness (QED) is 0.882. The molecule has 2 aromatic rings. The summed E-state index contributed by atoms with van der Waals surface area (Å²) in [6.07, 6.45) is 3.45. The zero-order chi connectivity index (χ0) is 13.9. The number of thiazole rings is 1. The van der Waals surface area contributed by atoms with Crippen LogP contribution in [0.1, 0.15) is 29.8 Å². The van der Waals surface area contributed by atoms with Crippen LogP contribution in [0.15, 0.2) is 30.3 Å². The van der Waals surface area contributed by atoms with E-state index in [1.165, 1.54) is 17.8 Å². The van der Waals surface area contributed by atoms with Gasteiger partial charge in [-0.05, 0) is 24.8 Å². The fourth-order valence-corrected chi connectivity index (χ4v) is 3.48. The number of carbonyl (C=O) groups excluding carboxylic acids is 1. The fourth-order valence-electron chi connectivity index (χ4n) is 2.65. The van der Waals surface area contributed by atoms with Gasteiger partial charge in [0.15, 0.2) is 10.8 Å². The van der Waals surface area contributed by atoms with Gasteiger partial charge < -0.3 is 5.73 Å². The Hall–Kier alpha value is -1.72. The minimum Gasteiger partial charge on any atom is -0.375 e. The number of quaternary nitrogens is 1. The zero-order valence-electron chi connectivity index (χ0n) is 11.3. The molecule has 0 atom stereocenters. The van der Waals surface area contributed by atoms with Crippen molar-refractivity contribution in [3.8, 4) is 10.4 Å². The number of nitrogens with zero attached hydrogens (tertiary/aromatic N) is 1. The first-order valence-corrected chi connectivity index (χ1v) is 7.78. The van der Waals surface area contributed by atoms with Gasteiger partial charge in [-0.1, -0.05) is 41.7 Å². The smallest absolute Gasteiger partial charge is 0.364 e. The zero-order valence-corrected chi connectivity index (χ0v) is 12.1. The van der Waals surface area contributed by atoms with E-state index in [0.717, 1.165) is 41.3 Å². The van der Waals surface area contributed by atoms with Crippen LogP contribution in [0.3, 0.4) is 0 Å². The van der Waals surface area contributed by atoms with Crippen LogP contribution < -0.4 is 10.6 Å². The lowest BCUT2D eigenvalue weighted by Crippen LogP contribution is -3.15. The molecule has 0 saturated carbocycles. The largest absolute Gasteiger partial charge is 0.375 e. The first-order valence-electron chi connectivity index (χ1n) is 6.97. The normalized spacial score (nSPS) is 16.2. The molecule has 1 aromatic carbocycles. The second kappa shape index (κ2) is 5.73. The molecule has 1 saturated heterocycles. The van der Waals surface area contributed by atoms with E-state index in [1.807, 2.05) is 30.3 Å². The lowest BCUT2D eigenvalue weighted by molar-refractivity contribution is -0.820. The molecule has 0 radical (unpaired) electrons. The van der Waals surface area contributed by atoms with Crippen LogP contribution >= 0.6 is 11.3 Å². The molecule has 2 heterocycles. The van der Waals surface area contributed by atoms with E-state index in [0.29, 0.717) is 10.8 Å². The Kier molecular flexibility index (Phi) is 3.80. The van der Waals surface area contributed by atoms with Crippen molar-refractivity contribution >= 4 is 22.4 Å². The fraction of sp³-hybridized carbons (Fsp3) is 0.333. The van der Waals surface area contributed by atoms with E-state index in [2.05, 4.69) is 4.98 Å². The van der Waals surface area contributed by atoms with Crippen molar-refractivity contribution in [3.63, 3.8) is 0 Å². The Bertz CT molecular complexity index is 603. The number of rotatable bonds is 2. The maximum Gasteiger partial charge on any atom is 0.364 e. The van der Waals surface area contributed by atoms with Gasteiger partial charge in [0.1, 0.15) is 0 Å². The maximum atomic E-state index is 12.7. The first kappa shape index (κ1) is 13.3. The van der Waals surface area contributed by atoms with Crippen molar-refractivity contribution in [2.45, 2.75) is 19.3 Å². The van der Waals surface area contributed by atoms with Crippen LogP contribution in [0.25, 0.3) is 10.4 Å². The van der Waals surface area contributed by atoms with Crippen LogP contribution in [0, 0.1) is 0 Å². The van der Waals surface area contributed by atoms with Crippen LogP contribution in [-0.4, -0.2) is 24.0 Å². The Labute approximate surface area is 122 Å². The summed E-state index contributed by atoms with van der Waals surface area (Å²) in [5.41, 5.74) is 7.38. The molecule has 0 unspecified atom stereocenters. The van der Waals surface area contributed by atoms with Gasteiger partial charge in [0, 0.05) is 0 Å². The highest BCUT2D eigenvalue weighted by molar-refractivity contribution is 7.19. The molecule has 3 rings (SSSR count). The van der Waals surface area contributed by atoms with Gasteiger partial charge >= 0.3 is 5.91 Å². The lowest BCUT2D eigenvalue weighted by atomic mass is 10.1. The Morgan fingerprint density at radius 1 is 1.15 bits per heavy atom. The highest BCUT2D eigenvalue weighted by Gasteiger charge is 2.29. The van der Waals surface area contributed by atoms with E-state index in [-0.39, 0.29) is 5.91 Å². The monoisotopic (exact) mass is 288 g/mol. The van der Waals surface area contributed by atoms with Crippen LogP contribution in [-0.2, 0) is 0 Å². The van der Waals surface area contributed by atoms with E-state index < -0.39 is 0 Å². The summed E-state index contributed by atoms with van der Waals surface area (Å²) in [4.78, 5) is 18.9. The summed E-state index contributed by atoms with van der Waals surface area (Å²) in [6.45, 7) is 1.81. The summed E-state index contributed by atoms with van der Waals surface area (Å²) in [5.74, 6) is 0.0940. The van der Waals surface area contributed by atoms with E-state index in [4.69, 9.17) is 5.73 Å². The SMILES string of the molecule is Nc1nc(C(=O)[NH+]2CCCCC2)c(-c2ccccc2)s1. The Morgan fingerprint density at radius 3 is 2.55 bits per heavy atom. The Balaban J connectivity index is 1.95. The molecule has 1 fully saturated rings. The molecule has 0 spiro atoms. The second-order valence-corrected chi connectivity index (χ2v) is 6.12. The first-order chi connectivity index (χ1) is 9.75. The number of nitrogen functional groups attached to an aromatic ring is 1. The molecule has 1 aliphatic heterocycles. The second-order valence-electron chi connectivity index (χ2n) is 5.09. The number of aromatic nitrogens is 1. The standard InChI is InChI=1S/C15H17N3OS/c16-15-17-12(14(19)18-9-5-2-6-10-18)13(20-15)11-7-3-1-4-8-11/h1,3-4,7-8H,2,5-6,9-10H2,(H2,16,17)/p+1. The van der Waals surface area contributed by atoms with Crippen molar-refractivity contribution < 1.29 is 9.69 Å². The van der Waals surface area contributed by atoms with Gasteiger partial charge in [-0.25, -0.2) is 9.78 Å². The summed E-state index contributed by atoms with van der Waals surface area (Å²) in [5, 5.41) is 0.462. The number of likely N-dealkylation sites (tertiary alicyclic amines) is 1. The van der Waals surface area contributed by atoms with Gasteiger partial charge in [-0.2, -0.15) is 0 Å². The molecule has 1 aromatic heterocycles. The number of hydrogen-bond donors (Lipinski definition) is 2. The minimum atomic E-state index is 0.0940. The Morgan fingerprint density at radius 2 is 1.85 bits per heavy atom. The molecule has 0 aliphatic carbocycles. The molecule has 5 heteroatoms. The third kappa shape index (κ3) is 2.59. The summed E-state index contributed by atoms with van der Waals surface area (Å²) in [7, 11) is 0. The predicted octanol–water partition coefficient (Wildman–Crippen LogP) is 1.60. The predicted molar refractivity (Wildman–Crippen MR) is 80.8 cm³/mol. The summed E-state index contributed by atoms with van der Waals surface area (Å²) < 4.78 is 0. The number of carbonyl (C=O) groups is 1. The average molecular weight is 288 g/mol. The van der Waals surface area contributed by atoms with Crippen molar-refractivity contribution in [3.05, 3.63) is 36.0 Å². The highest BCUT2D eigenvalue weighted by Crippen LogP contribution is 2.31. The van der Waals surface area contributed by atoms with E-state index >= 15 is 0 Å². The highest BCUT2D eigenvalue weighted by atomic mass is 32.1. The van der Waals surface area contributed by atoms with Gasteiger partial charge in [0.2, 0.25) is 0 Å². The molecule has 0 bridgehead atoms. The number of nitrogens with two attached hydrogens (primary N) is 1. The van der Waals surface area contributed by atoms with Crippen molar-refractivity contribution in [2.24, 2.45) is 0 Å². The van der Waals surface area contributed by atoms with Crippen molar-refractivity contribution in [1.29, 1.82) is 0 Å². The van der Waals surface area contributed by atoms with Gasteiger partial charge in [-0.15, -0.1) is 0 Å². The van der Waals surface area contributed by atoms with E-state index in [1.54, 1.807) is 0 Å². The molecule has 1 aliphatic rings. The minimum absolute atomic E-state index is 0.0940. The topological polar surface area (TPSA) is 60.4 Å². The number of benzene rings is 1. The van der Waals surface area contributed by atoms with E-state index in [9.17, 15) is 4.79 Å². The average Bonchev–Trinajstić information content (AvgIpc) is 2.90. The maximum absolute atomic E-state index is 12.7. The van der Waals surface area contributed by atoms with Gasteiger partial charge in [-0.3, -0.25) is 4.90 Å². The molecule has 4 nitrogen and oxygen atoms in total. The third-order valence-electron chi connectivity index (χ3n) is 3.67.